The summed E-state index contributed by atoms with van der Waals surface area (Å²) in [5.74, 6) is 1.08. The summed E-state index contributed by atoms with van der Waals surface area (Å²) in [5, 5.41) is 3.21. The molecule has 1 N–H and O–H groups in total. The number of rotatable bonds is 6. The van der Waals surface area contributed by atoms with E-state index in [9.17, 15) is 0 Å². The Morgan fingerprint density at radius 3 is 2.71 bits per heavy atom. The van der Waals surface area contributed by atoms with Crippen molar-refractivity contribution in [1.29, 1.82) is 0 Å². The van der Waals surface area contributed by atoms with Crippen molar-refractivity contribution >= 4 is 5.82 Å². The summed E-state index contributed by atoms with van der Waals surface area (Å²) in [6.45, 7) is 12.8. The van der Waals surface area contributed by atoms with Crippen LogP contribution in [0.5, 0.6) is 0 Å². The minimum absolute atomic E-state index is 0.836. The van der Waals surface area contributed by atoms with Crippen LogP contribution in [-0.2, 0) is 6.54 Å². The van der Waals surface area contributed by atoms with Gasteiger partial charge in [0, 0.05) is 30.9 Å². The topological polar surface area (TPSA) is 28.2 Å². The van der Waals surface area contributed by atoms with E-state index in [0.717, 1.165) is 31.1 Å². The van der Waals surface area contributed by atoms with Crippen LogP contribution in [0.1, 0.15) is 23.7 Å². The zero-order valence-corrected chi connectivity index (χ0v) is 11.4. The molecular formula is C14H23N3. The normalized spacial score (nSPS) is 10.4. The number of aromatic nitrogens is 1. The van der Waals surface area contributed by atoms with Gasteiger partial charge in [-0.3, -0.25) is 0 Å². The van der Waals surface area contributed by atoms with Crippen molar-refractivity contribution in [2.45, 2.75) is 27.3 Å². The van der Waals surface area contributed by atoms with Crippen molar-refractivity contribution in [2.75, 3.05) is 25.0 Å². The molecule has 0 unspecified atom stereocenters. The van der Waals surface area contributed by atoms with Crippen LogP contribution in [0.4, 0.5) is 5.82 Å². The number of aryl methyl sites for hydroxylation is 2. The summed E-state index contributed by atoms with van der Waals surface area (Å²) < 4.78 is 0. The highest BCUT2D eigenvalue weighted by atomic mass is 15.2. The van der Waals surface area contributed by atoms with E-state index >= 15 is 0 Å². The number of likely N-dealkylation sites (N-methyl/N-ethyl adjacent to an activating group) is 1. The fourth-order valence-electron chi connectivity index (χ4n) is 2.02. The number of anilines is 1. The Kier molecular flexibility index (Phi) is 5.16. The monoisotopic (exact) mass is 233 g/mol. The molecule has 94 valence electrons. The Bertz CT molecular complexity index is 385. The van der Waals surface area contributed by atoms with Crippen molar-refractivity contribution in [3.63, 3.8) is 0 Å². The Balaban J connectivity index is 3.21. The van der Waals surface area contributed by atoms with Crippen LogP contribution in [0.15, 0.2) is 18.7 Å². The molecule has 1 heterocycles. The first-order chi connectivity index (χ1) is 8.13. The minimum Gasteiger partial charge on any atom is -0.353 e. The lowest BCUT2D eigenvalue weighted by atomic mass is 10.1. The first kappa shape index (κ1) is 13.7. The maximum atomic E-state index is 4.68. The van der Waals surface area contributed by atoms with E-state index in [1.807, 2.05) is 20.0 Å². The fourth-order valence-corrected chi connectivity index (χ4v) is 2.02. The number of hydrogen-bond donors (Lipinski definition) is 1. The first-order valence-electron chi connectivity index (χ1n) is 6.11. The standard InChI is InChI=1S/C14H23N3/c1-6-8-17(7-2)14-13(10-15-5)11(3)9-12(4)16-14/h6,9,15H,1,7-8,10H2,2-5H3. The molecule has 0 saturated carbocycles. The highest BCUT2D eigenvalue weighted by molar-refractivity contribution is 5.52. The van der Waals surface area contributed by atoms with Gasteiger partial charge in [-0.1, -0.05) is 6.08 Å². The van der Waals surface area contributed by atoms with Gasteiger partial charge < -0.3 is 10.2 Å². The molecule has 0 fully saturated rings. The zero-order valence-electron chi connectivity index (χ0n) is 11.4. The smallest absolute Gasteiger partial charge is 0.133 e. The molecule has 0 aliphatic carbocycles. The van der Waals surface area contributed by atoms with E-state index in [1.54, 1.807) is 0 Å². The van der Waals surface area contributed by atoms with Crippen molar-refractivity contribution in [3.05, 3.63) is 35.5 Å². The van der Waals surface area contributed by atoms with Gasteiger partial charge in [0.2, 0.25) is 0 Å². The van der Waals surface area contributed by atoms with Crippen molar-refractivity contribution in [1.82, 2.24) is 10.3 Å². The quantitative estimate of drug-likeness (QED) is 0.765. The maximum absolute atomic E-state index is 4.68. The molecular weight excluding hydrogens is 210 g/mol. The second-order valence-corrected chi connectivity index (χ2v) is 4.24. The zero-order chi connectivity index (χ0) is 12.8. The Morgan fingerprint density at radius 2 is 2.18 bits per heavy atom. The Morgan fingerprint density at radius 1 is 1.47 bits per heavy atom. The summed E-state index contributed by atoms with van der Waals surface area (Å²) in [5.41, 5.74) is 3.64. The summed E-state index contributed by atoms with van der Waals surface area (Å²) >= 11 is 0. The molecule has 0 aromatic carbocycles. The van der Waals surface area contributed by atoms with Crippen LogP contribution in [0.25, 0.3) is 0 Å². The third kappa shape index (κ3) is 3.30. The van der Waals surface area contributed by atoms with Gasteiger partial charge in [-0.05, 0) is 39.4 Å². The summed E-state index contributed by atoms with van der Waals surface area (Å²) in [6, 6.07) is 2.14. The molecule has 0 spiro atoms. The Hall–Kier alpha value is -1.35. The lowest BCUT2D eigenvalue weighted by molar-refractivity contribution is 0.783. The van der Waals surface area contributed by atoms with E-state index in [1.165, 1.54) is 11.1 Å². The number of nitrogens with one attached hydrogen (secondary N) is 1. The van der Waals surface area contributed by atoms with Crippen LogP contribution >= 0.6 is 0 Å². The van der Waals surface area contributed by atoms with E-state index in [0.29, 0.717) is 0 Å². The molecule has 3 nitrogen and oxygen atoms in total. The summed E-state index contributed by atoms with van der Waals surface area (Å²) in [7, 11) is 1.97. The van der Waals surface area contributed by atoms with Gasteiger partial charge in [-0.2, -0.15) is 0 Å². The molecule has 0 saturated heterocycles. The van der Waals surface area contributed by atoms with Crippen molar-refractivity contribution in [3.8, 4) is 0 Å². The fraction of sp³-hybridized carbons (Fsp3) is 0.500. The number of hydrogen-bond acceptors (Lipinski definition) is 3. The third-order valence-electron chi connectivity index (χ3n) is 2.84. The van der Waals surface area contributed by atoms with Crippen LogP contribution in [-0.4, -0.2) is 25.1 Å². The Labute approximate surface area is 105 Å². The van der Waals surface area contributed by atoms with Crippen molar-refractivity contribution in [2.24, 2.45) is 0 Å². The highest BCUT2D eigenvalue weighted by Crippen LogP contribution is 2.22. The van der Waals surface area contributed by atoms with Crippen LogP contribution in [0, 0.1) is 13.8 Å². The van der Waals surface area contributed by atoms with Gasteiger partial charge in [0.05, 0.1) is 0 Å². The molecule has 17 heavy (non-hydrogen) atoms. The van der Waals surface area contributed by atoms with E-state index in [4.69, 9.17) is 0 Å². The van der Waals surface area contributed by atoms with Crippen LogP contribution in [0.3, 0.4) is 0 Å². The van der Waals surface area contributed by atoms with Gasteiger partial charge >= 0.3 is 0 Å². The number of nitrogens with zero attached hydrogens (tertiary/aromatic N) is 2. The molecule has 0 aliphatic rings. The summed E-state index contributed by atoms with van der Waals surface area (Å²) in [6.07, 6.45) is 1.92. The van der Waals surface area contributed by atoms with Crippen LogP contribution in [0.2, 0.25) is 0 Å². The number of pyridine rings is 1. The van der Waals surface area contributed by atoms with Crippen LogP contribution < -0.4 is 10.2 Å². The molecule has 0 amide bonds. The molecule has 1 aromatic rings. The highest BCUT2D eigenvalue weighted by Gasteiger charge is 2.13. The largest absolute Gasteiger partial charge is 0.353 e. The van der Waals surface area contributed by atoms with Gasteiger partial charge in [0.25, 0.3) is 0 Å². The lowest BCUT2D eigenvalue weighted by Gasteiger charge is -2.24. The van der Waals surface area contributed by atoms with E-state index < -0.39 is 0 Å². The molecule has 1 aromatic heterocycles. The average Bonchev–Trinajstić information content (AvgIpc) is 2.29. The SMILES string of the molecule is C=CCN(CC)c1nc(C)cc(C)c1CNC. The molecule has 0 radical (unpaired) electrons. The second kappa shape index (κ2) is 6.40. The third-order valence-corrected chi connectivity index (χ3v) is 2.84. The van der Waals surface area contributed by atoms with E-state index in [-0.39, 0.29) is 0 Å². The van der Waals surface area contributed by atoms with Gasteiger partial charge in [-0.25, -0.2) is 4.98 Å². The van der Waals surface area contributed by atoms with Gasteiger partial charge in [-0.15, -0.1) is 6.58 Å². The minimum atomic E-state index is 0.836. The predicted octanol–water partition coefficient (Wildman–Crippen LogP) is 2.43. The van der Waals surface area contributed by atoms with Gasteiger partial charge in [0.15, 0.2) is 0 Å². The van der Waals surface area contributed by atoms with Crippen molar-refractivity contribution < 1.29 is 0 Å². The lowest BCUT2D eigenvalue weighted by Crippen LogP contribution is -2.26. The maximum Gasteiger partial charge on any atom is 0.133 e. The molecule has 0 aliphatic heterocycles. The summed E-state index contributed by atoms with van der Waals surface area (Å²) in [4.78, 5) is 6.93. The molecule has 0 atom stereocenters. The van der Waals surface area contributed by atoms with Gasteiger partial charge in [0.1, 0.15) is 5.82 Å². The van der Waals surface area contributed by atoms with E-state index in [2.05, 4.69) is 41.7 Å². The molecule has 3 heteroatoms. The molecule has 0 bridgehead atoms. The second-order valence-electron chi connectivity index (χ2n) is 4.24. The average molecular weight is 233 g/mol. The molecule has 1 rings (SSSR count). The first-order valence-corrected chi connectivity index (χ1v) is 6.11. The predicted molar refractivity (Wildman–Crippen MR) is 74.6 cm³/mol.